The molecule has 1 aromatic rings. The van der Waals surface area contributed by atoms with E-state index in [4.69, 9.17) is 5.73 Å². The molecule has 2 unspecified atom stereocenters. The van der Waals surface area contributed by atoms with Crippen LogP contribution in [0.1, 0.15) is 24.3 Å². The number of halogens is 2. The van der Waals surface area contributed by atoms with E-state index in [1.807, 2.05) is 6.92 Å². The number of amides is 1. The van der Waals surface area contributed by atoms with Gasteiger partial charge in [0.25, 0.3) is 5.91 Å². The van der Waals surface area contributed by atoms with Crippen molar-refractivity contribution in [2.75, 3.05) is 18.8 Å². The molecule has 2 rings (SSSR count). The standard InChI is InChI=1S/C11H17N5O.2ClH/c1-7-8(2)16(6-5-13-7)11(17)9-10(12)15-4-3-14-9;;/h3-4,7-8,13H,5-6H2,1-2H3,(H2,12,15);2*1H. The highest BCUT2D eigenvalue weighted by atomic mass is 35.5. The molecule has 0 aliphatic carbocycles. The summed E-state index contributed by atoms with van der Waals surface area (Å²) < 4.78 is 0. The summed E-state index contributed by atoms with van der Waals surface area (Å²) >= 11 is 0. The highest BCUT2D eigenvalue weighted by Gasteiger charge is 2.30. The van der Waals surface area contributed by atoms with Crippen LogP contribution in [-0.2, 0) is 0 Å². The lowest BCUT2D eigenvalue weighted by Crippen LogP contribution is -2.57. The highest BCUT2D eigenvalue weighted by Crippen LogP contribution is 2.14. The molecule has 1 fully saturated rings. The van der Waals surface area contributed by atoms with Gasteiger partial charge in [-0.3, -0.25) is 4.79 Å². The van der Waals surface area contributed by atoms with Gasteiger partial charge in [0.1, 0.15) is 0 Å². The van der Waals surface area contributed by atoms with Crippen LogP contribution in [0.4, 0.5) is 5.82 Å². The molecular weight excluding hydrogens is 289 g/mol. The second kappa shape index (κ2) is 7.47. The van der Waals surface area contributed by atoms with Crippen molar-refractivity contribution in [2.24, 2.45) is 0 Å². The predicted octanol–water partition coefficient (Wildman–Crippen LogP) is 0.725. The van der Waals surface area contributed by atoms with E-state index in [9.17, 15) is 4.79 Å². The normalized spacial score (nSPS) is 22.1. The Morgan fingerprint density at radius 3 is 2.63 bits per heavy atom. The van der Waals surface area contributed by atoms with Gasteiger partial charge < -0.3 is 16.0 Å². The maximum atomic E-state index is 12.3. The highest BCUT2D eigenvalue weighted by molar-refractivity contribution is 5.96. The SMILES string of the molecule is CC1NCCN(C(=O)c2nccnc2N)C1C.Cl.Cl. The Balaban J connectivity index is 0.00000162. The molecule has 0 radical (unpaired) electrons. The summed E-state index contributed by atoms with van der Waals surface area (Å²) in [6.07, 6.45) is 2.97. The first-order chi connectivity index (χ1) is 8.11. The van der Waals surface area contributed by atoms with Gasteiger partial charge in [-0.2, -0.15) is 0 Å². The lowest BCUT2D eigenvalue weighted by molar-refractivity contribution is 0.0597. The van der Waals surface area contributed by atoms with Crippen molar-refractivity contribution in [1.29, 1.82) is 0 Å². The Morgan fingerprint density at radius 1 is 1.37 bits per heavy atom. The van der Waals surface area contributed by atoms with E-state index < -0.39 is 0 Å². The third kappa shape index (κ3) is 3.68. The number of nitrogens with two attached hydrogens (primary N) is 1. The minimum absolute atomic E-state index is 0. The fourth-order valence-corrected chi connectivity index (χ4v) is 1.99. The summed E-state index contributed by atoms with van der Waals surface area (Å²) in [4.78, 5) is 22.0. The summed E-state index contributed by atoms with van der Waals surface area (Å²) in [6, 6.07) is 0.392. The van der Waals surface area contributed by atoms with Crippen LogP contribution >= 0.6 is 24.8 Å². The van der Waals surface area contributed by atoms with Crippen molar-refractivity contribution in [3.63, 3.8) is 0 Å². The number of hydrogen-bond donors (Lipinski definition) is 2. The quantitative estimate of drug-likeness (QED) is 0.799. The summed E-state index contributed by atoms with van der Waals surface area (Å²) in [7, 11) is 0. The zero-order valence-electron chi connectivity index (χ0n) is 10.9. The molecule has 1 aliphatic rings. The number of carbonyl (C=O) groups is 1. The lowest BCUT2D eigenvalue weighted by Gasteiger charge is -2.38. The van der Waals surface area contributed by atoms with E-state index in [0.29, 0.717) is 6.54 Å². The number of rotatable bonds is 1. The number of hydrogen-bond acceptors (Lipinski definition) is 5. The van der Waals surface area contributed by atoms with Crippen molar-refractivity contribution in [1.82, 2.24) is 20.2 Å². The summed E-state index contributed by atoms with van der Waals surface area (Å²) in [6.45, 7) is 5.53. The van der Waals surface area contributed by atoms with Crippen LogP contribution in [0.15, 0.2) is 12.4 Å². The van der Waals surface area contributed by atoms with Crippen molar-refractivity contribution in [3.8, 4) is 0 Å². The number of anilines is 1. The van der Waals surface area contributed by atoms with Gasteiger partial charge in [0.05, 0.1) is 0 Å². The van der Waals surface area contributed by atoms with E-state index in [0.717, 1.165) is 6.54 Å². The van der Waals surface area contributed by atoms with E-state index in [1.165, 1.54) is 12.4 Å². The third-order valence-corrected chi connectivity index (χ3v) is 3.22. The first kappa shape index (κ1) is 17.9. The molecule has 19 heavy (non-hydrogen) atoms. The van der Waals surface area contributed by atoms with E-state index in [-0.39, 0.29) is 54.3 Å². The molecule has 2 atom stereocenters. The molecule has 6 nitrogen and oxygen atoms in total. The van der Waals surface area contributed by atoms with Crippen LogP contribution in [0.3, 0.4) is 0 Å². The van der Waals surface area contributed by atoms with Gasteiger partial charge in [0.2, 0.25) is 0 Å². The zero-order chi connectivity index (χ0) is 12.4. The van der Waals surface area contributed by atoms with Crippen LogP contribution in [0.25, 0.3) is 0 Å². The first-order valence-corrected chi connectivity index (χ1v) is 5.72. The Labute approximate surface area is 125 Å². The number of aromatic nitrogens is 2. The minimum Gasteiger partial charge on any atom is -0.382 e. The van der Waals surface area contributed by atoms with Gasteiger partial charge in [0, 0.05) is 37.6 Å². The molecule has 0 saturated carbocycles. The molecule has 0 spiro atoms. The monoisotopic (exact) mass is 307 g/mol. The smallest absolute Gasteiger partial charge is 0.276 e. The molecule has 8 heteroatoms. The second-order valence-corrected chi connectivity index (χ2v) is 4.27. The van der Waals surface area contributed by atoms with Crippen LogP contribution in [-0.4, -0.2) is 45.9 Å². The molecule has 0 aromatic carbocycles. The average Bonchev–Trinajstić information content (AvgIpc) is 2.32. The fourth-order valence-electron chi connectivity index (χ4n) is 1.99. The molecule has 1 amide bonds. The van der Waals surface area contributed by atoms with Crippen LogP contribution in [0.2, 0.25) is 0 Å². The topological polar surface area (TPSA) is 84.1 Å². The first-order valence-electron chi connectivity index (χ1n) is 5.72. The molecule has 0 bridgehead atoms. The third-order valence-electron chi connectivity index (χ3n) is 3.22. The number of nitrogen functional groups attached to an aromatic ring is 1. The summed E-state index contributed by atoms with van der Waals surface area (Å²) in [5.74, 6) is 0.0485. The lowest BCUT2D eigenvalue weighted by atomic mass is 10.1. The maximum absolute atomic E-state index is 12.3. The molecule has 1 aromatic heterocycles. The van der Waals surface area contributed by atoms with Crippen molar-refractivity contribution in [2.45, 2.75) is 25.9 Å². The molecule has 1 aliphatic heterocycles. The number of carbonyl (C=O) groups excluding carboxylic acids is 1. The van der Waals surface area contributed by atoms with Crippen molar-refractivity contribution < 1.29 is 4.79 Å². The number of piperazine rings is 1. The largest absolute Gasteiger partial charge is 0.382 e. The molecule has 1 saturated heterocycles. The van der Waals surface area contributed by atoms with Crippen LogP contribution < -0.4 is 11.1 Å². The summed E-state index contributed by atoms with van der Waals surface area (Å²) in [5.41, 5.74) is 5.92. The summed E-state index contributed by atoms with van der Waals surface area (Å²) in [5, 5.41) is 3.32. The van der Waals surface area contributed by atoms with Gasteiger partial charge in [0.15, 0.2) is 11.5 Å². The fraction of sp³-hybridized carbons (Fsp3) is 0.545. The van der Waals surface area contributed by atoms with Gasteiger partial charge in [-0.1, -0.05) is 0 Å². The number of nitrogens with one attached hydrogen (secondary N) is 1. The Morgan fingerprint density at radius 2 is 2.00 bits per heavy atom. The van der Waals surface area contributed by atoms with Crippen molar-refractivity contribution >= 4 is 36.5 Å². The molecule has 108 valence electrons. The Bertz CT molecular complexity index is 431. The van der Waals surface area contributed by atoms with Crippen LogP contribution in [0.5, 0.6) is 0 Å². The molecular formula is C11H19Cl2N5O. The maximum Gasteiger partial charge on any atom is 0.276 e. The molecule has 3 N–H and O–H groups in total. The second-order valence-electron chi connectivity index (χ2n) is 4.27. The molecule has 2 heterocycles. The zero-order valence-corrected chi connectivity index (χ0v) is 12.5. The predicted molar refractivity (Wildman–Crippen MR) is 78.9 cm³/mol. The Kier molecular flexibility index (Phi) is 7.04. The van der Waals surface area contributed by atoms with E-state index in [2.05, 4.69) is 22.2 Å². The van der Waals surface area contributed by atoms with E-state index >= 15 is 0 Å². The minimum atomic E-state index is -0.142. The average molecular weight is 308 g/mol. The van der Waals surface area contributed by atoms with Gasteiger partial charge in [-0.25, -0.2) is 9.97 Å². The van der Waals surface area contributed by atoms with E-state index in [1.54, 1.807) is 4.90 Å². The van der Waals surface area contributed by atoms with Gasteiger partial charge in [-0.05, 0) is 13.8 Å². The Hall–Kier alpha value is -1.11. The number of nitrogens with zero attached hydrogens (tertiary/aromatic N) is 3. The van der Waals surface area contributed by atoms with Gasteiger partial charge in [-0.15, -0.1) is 24.8 Å². The van der Waals surface area contributed by atoms with Gasteiger partial charge >= 0.3 is 0 Å². The van der Waals surface area contributed by atoms with Crippen LogP contribution in [0, 0.1) is 0 Å². The van der Waals surface area contributed by atoms with Crippen molar-refractivity contribution in [3.05, 3.63) is 18.1 Å².